The quantitative estimate of drug-likeness (QED) is 0.864. The summed E-state index contributed by atoms with van der Waals surface area (Å²) in [5, 5.41) is 17.9. The predicted molar refractivity (Wildman–Crippen MR) is 68.7 cm³/mol. The van der Waals surface area contributed by atoms with Crippen molar-refractivity contribution in [3.05, 3.63) is 29.3 Å². The van der Waals surface area contributed by atoms with Crippen molar-refractivity contribution in [1.29, 1.82) is 5.26 Å². The van der Waals surface area contributed by atoms with Gasteiger partial charge in [-0.2, -0.15) is 5.26 Å². The summed E-state index contributed by atoms with van der Waals surface area (Å²) in [4.78, 5) is 13.3. The van der Waals surface area contributed by atoms with Gasteiger partial charge in [0.2, 0.25) is 0 Å². The first-order chi connectivity index (χ1) is 8.63. The minimum Gasteiger partial charge on any atom is -0.478 e. The van der Waals surface area contributed by atoms with E-state index in [9.17, 15) is 9.90 Å². The third-order valence-corrected chi connectivity index (χ3v) is 3.15. The molecule has 0 atom stereocenters. The number of hydrogen-bond acceptors (Lipinski definition) is 3. The van der Waals surface area contributed by atoms with Gasteiger partial charge in [0, 0.05) is 12.6 Å². The van der Waals surface area contributed by atoms with Gasteiger partial charge in [-0.05, 0) is 37.5 Å². The molecule has 0 spiro atoms. The van der Waals surface area contributed by atoms with Crippen molar-refractivity contribution < 1.29 is 9.90 Å². The van der Waals surface area contributed by atoms with Gasteiger partial charge in [-0.1, -0.05) is 6.07 Å². The molecule has 4 heteroatoms. The Morgan fingerprint density at radius 3 is 2.83 bits per heavy atom. The highest BCUT2D eigenvalue weighted by Gasteiger charge is 2.31. The fraction of sp³-hybridized carbons (Fsp3) is 0.429. The number of carbonyl (C=O) groups is 1. The van der Waals surface area contributed by atoms with Crippen molar-refractivity contribution in [3.63, 3.8) is 0 Å². The minimum atomic E-state index is -0.910. The third-order valence-electron chi connectivity index (χ3n) is 3.15. The summed E-state index contributed by atoms with van der Waals surface area (Å²) in [5.74, 6) is -0.910. The second kappa shape index (κ2) is 5.09. The lowest BCUT2D eigenvalue weighted by Crippen LogP contribution is -2.28. The molecule has 18 heavy (non-hydrogen) atoms. The molecule has 1 aromatic rings. The summed E-state index contributed by atoms with van der Waals surface area (Å²) >= 11 is 0. The van der Waals surface area contributed by atoms with Crippen LogP contribution in [0.2, 0.25) is 0 Å². The fourth-order valence-corrected chi connectivity index (χ4v) is 2.12. The van der Waals surface area contributed by atoms with E-state index in [2.05, 4.69) is 11.0 Å². The lowest BCUT2D eigenvalue weighted by molar-refractivity contribution is 0.0697. The van der Waals surface area contributed by atoms with Crippen LogP contribution in [0.25, 0.3) is 0 Å². The van der Waals surface area contributed by atoms with Crippen LogP contribution >= 0.6 is 0 Å². The van der Waals surface area contributed by atoms with Crippen LogP contribution < -0.4 is 4.90 Å². The van der Waals surface area contributed by atoms with E-state index in [1.807, 2.05) is 19.1 Å². The van der Waals surface area contributed by atoms with E-state index in [4.69, 9.17) is 5.26 Å². The van der Waals surface area contributed by atoms with Crippen LogP contribution in [0.15, 0.2) is 18.2 Å². The van der Waals surface area contributed by atoms with Gasteiger partial charge < -0.3 is 10.0 Å². The van der Waals surface area contributed by atoms with E-state index >= 15 is 0 Å². The number of nitrogens with zero attached hydrogens (tertiary/aromatic N) is 2. The lowest BCUT2D eigenvalue weighted by atomic mass is 10.1. The Morgan fingerprint density at radius 2 is 2.28 bits per heavy atom. The molecular formula is C14H16N2O2. The minimum absolute atomic E-state index is 0.324. The van der Waals surface area contributed by atoms with Gasteiger partial charge >= 0.3 is 5.97 Å². The fourth-order valence-electron chi connectivity index (χ4n) is 2.12. The van der Waals surface area contributed by atoms with E-state index in [0.29, 0.717) is 24.6 Å². The summed E-state index contributed by atoms with van der Waals surface area (Å²) < 4.78 is 0. The normalized spacial score (nSPS) is 14.0. The zero-order chi connectivity index (χ0) is 13.1. The maximum atomic E-state index is 11.3. The number of aromatic carboxylic acids is 1. The molecule has 0 aliphatic heterocycles. The standard InChI is InChI=1S/C14H16N2O2/c1-10-3-6-12(14(17)18)13(9-10)16(8-2-7-15)11-4-5-11/h3,6,9,11H,2,4-5,8H2,1H3,(H,17,18). The number of carboxylic acids is 1. The number of nitriles is 1. The summed E-state index contributed by atoms with van der Waals surface area (Å²) in [5.41, 5.74) is 2.11. The Balaban J connectivity index is 2.36. The molecule has 94 valence electrons. The van der Waals surface area contributed by atoms with Crippen LogP contribution in [0.4, 0.5) is 5.69 Å². The molecular weight excluding hydrogens is 228 g/mol. The number of carboxylic acid groups (broad SMARTS) is 1. The van der Waals surface area contributed by atoms with E-state index in [1.54, 1.807) is 6.07 Å². The molecule has 0 unspecified atom stereocenters. The first-order valence-corrected chi connectivity index (χ1v) is 6.11. The first kappa shape index (κ1) is 12.4. The molecule has 1 aromatic carbocycles. The Bertz CT molecular complexity index is 501. The van der Waals surface area contributed by atoms with Crippen LogP contribution in [-0.2, 0) is 0 Å². The molecule has 1 N–H and O–H groups in total. The molecule has 0 bridgehead atoms. The van der Waals surface area contributed by atoms with E-state index in [1.165, 1.54) is 0 Å². The zero-order valence-corrected chi connectivity index (χ0v) is 10.4. The van der Waals surface area contributed by atoms with Crippen molar-refractivity contribution in [2.24, 2.45) is 0 Å². The average Bonchev–Trinajstić information content (AvgIpc) is 3.13. The van der Waals surface area contributed by atoms with Gasteiger partial charge in [0.25, 0.3) is 0 Å². The van der Waals surface area contributed by atoms with E-state index in [-0.39, 0.29) is 0 Å². The van der Waals surface area contributed by atoms with Crippen molar-refractivity contribution >= 4 is 11.7 Å². The molecule has 1 fully saturated rings. The summed E-state index contributed by atoms with van der Waals surface area (Å²) in [6, 6.07) is 7.88. The Kier molecular flexibility index (Phi) is 3.52. The highest BCUT2D eigenvalue weighted by molar-refractivity contribution is 5.94. The molecule has 1 saturated carbocycles. The van der Waals surface area contributed by atoms with Gasteiger partial charge in [-0.3, -0.25) is 0 Å². The smallest absolute Gasteiger partial charge is 0.337 e. The molecule has 0 saturated heterocycles. The van der Waals surface area contributed by atoms with Crippen LogP contribution in [-0.4, -0.2) is 23.7 Å². The van der Waals surface area contributed by atoms with Gasteiger partial charge in [0.15, 0.2) is 0 Å². The second-order valence-corrected chi connectivity index (χ2v) is 4.66. The van der Waals surface area contributed by atoms with Gasteiger partial charge in [0.1, 0.15) is 0 Å². The molecule has 0 aromatic heterocycles. The van der Waals surface area contributed by atoms with Crippen molar-refractivity contribution in [2.75, 3.05) is 11.4 Å². The number of benzene rings is 1. The molecule has 0 amide bonds. The SMILES string of the molecule is Cc1ccc(C(=O)O)c(N(CCC#N)C2CC2)c1. The Morgan fingerprint density at radius 1 is 1.56 bits per heavy atom. The van der Waals surface area contributed by atoms with Gasteiger partial charge in [-0.15, -0.1) is 0 Å². The highest BCUT2D eigenvalue weighted by Crippen LogP contribution is 2.34. The molecule has 0 heterocycles. The van der Waals surface area contributed by atoms with Crippen LogP contribution in [0.5, 0.6) is 0 Å². The summed E-state index contributed by atoms with van der Waals surface area (Å²) in [6.45, 7) is 2.55. The maximum Gasteiger partial charge on any atom is 0.337 e. The van der Waals surface area contributed by atoms with Gasteiger partial charge in [0.05, 0.1) is 23.7 Å². The van der Waals surface area contributed by atoms with E-state index in [0.717, 1.165) is 24.1 Å². The van der Waals surface area contributed by atoms with Crippen molar-refractivity contribution in [2.45, 2.75) is 32.2 Å². The zero-order valence-electron chi connectivity index (χ0n) is 10.4. The molecule has 1 aliphatic carbocycles. The van der Waals surface area contributed by atoms with Crippen molar-refractivity contribution in [3.8, 4) is 6.07 Å². The van der Waals surface area contributed by atoms with Crippen LogP contribution in [0.3, 0.4) is 0 Å². The molecule has 4 nitrogen and oxygen atoms in total. The first-order valence-electron chi connectivity index (χ1n) is 6.11. The highest BCUT2D eigenvalue weighted by atomic mass is 16.4. The summed E-state index contributed by atoms with van der Waals surface area (Å²) in [7, 11) is 0. The average molecular weight is 244 g/mol. The Labute approximate surface area is 106 Å². The molecule has 1 aliphatic rings. The molecule has 0 radical (unpaired) electrons. The second-order valence-electron chi connectivity index (χ2n) is 4.66. The Hall–Kier alpha value is -2.02. The third kappa shape index (κ3) is 2.62. The molecule has 2 rings (SSSR count). The topological polar surface area (TPSA) is 64.3 Å². The number of hydrogen-bond donors (Lipinski definition) is 1. The van der Waals surface area contributed by atoms with Crippen LogP contribution in [0, 0.1) is 18.3 Å². The van der Waals surface area contributed by atoms with Crippen LogP contribution in [0.1, 0.15) is 35.2 Å². The predicted octanol–water partition coefficient (Wildman–Crippen LogP) is 2.58. The monoisotopic (exact) mass is 244 g/mol. The largest absolute Gasteiger partial charge is 0.478 e. The summed E-state index contributed by atoms with van der Waals surface area (Å²) in [6.07, 6.45) is 2.58. The lowest BCUT2D eigenvalue weighted by Gasteiger charge is -2.25. The maximum absolute atomic E-state index is 11.3. The van der Waals surface area contributed by atoms with E-state index < -0.39 is 5.97 Å². The van der Waals surface area contributed by atoms with Gasteiger partial charge in [-0.25, -0.2) is 4.79 Å². The number of anilines is 1. The van der Waals surface area contributed by atoms with Crippen molar-refractivity contribution in [1.82, 2.24) is 0 Å². The number of rotatable bonds is 5. The number of aryl methyl sites for hydroxylation is 1.